The maximum absolute atomic E-state index is 12.6. The Morgan fingerprint density at radius 1 is 1.15 bits per heavy atom. The monoisotopic (exact) mass is 352 g/mol. The Hall–Kier alpha value is -3.28. The number of benzene rings is 2. The minimum Gasteiger partial charge on any atom is -0.507 e. The van der Waals surface area contributed by atoms with Crippen LogP contribution in [0, 0.1) is 0 Å². The molecule has 0 saturated heterocycles. The Labute approximate surface area is 148 Å². The fourth-order valence-corrected chi connectivity index (χ4v) is 3.26. The lowest BCUT2D eigenvalue weighted by molar-refractivity contribution is -0.117. The van der Waals surface area contributed by atoms with E-state index >= 15 is 0 Å². The predicted octanol–water partition coefficient (Wildman–Crippen LogP) is 3.34. The van der Waals surface area contributed by atoms with E-state index in [4.69, 9.17) is 13.9 Å². The van der Waals surface area contributed by atoms with Crippen LogP contribution in [-0.2, 0) is 4.79 Å². The van der Waals surface area contributed by atoms with Crippen LogP contribution in [0.5, 0.6) is 17.2 Å². The van der Waals surface area contributed by atoms with Gasteiger partial charge in [-0.25, -0.2) is 4.79 Å². The molecule has 1 N–H and O–H groups in total. The summed E-state index contributed by atoms with van der Waals surface area (Å²) in [5.74, 6) is 0.217. The third-order valence-corrected chi connectivity index (χ3v) is 4.46. The van der Waals surface area contributed by atoms with Crippen molar-refractivity contribution >= 4 is 16.8 Å². The van der Waals surface area contributed by atoms with E-state index in [1.807, 2.05) is 0 Å². The third-order valence-electron chi connectivity index (χ3n) is 4.46. The average molecular weight is 352 g/mol. The zero-order valence-corrected chi connectivity index (χ0v) is 14.0. The predicted molar refractivity (Wildman–Crippen MR) is 93.9 cm³/mol. The SMILES string of the molecule is CC(=O)CC(c1ccc2c(c1)OCO2)c1c(O)c2ccccc2oc1=O. The largest absolute Gasteiger partial charge is 0.507 e. The average Bonchev–Trinajstić information content (AvgIpc) is 3.08. The van der Waals surface area contributed by atoms with Crippen molar-refractivity contribution in [2.45, 2.75) is 19.3 Å². The summed E-state index contributed by atoms with van der Waals surface area (Å²) in [5.41, 5.74) is 0.372. The Kier molecular flexibility index (Phi) is 3.88. The van der Waals surface area contributed by atoms with Gasteiger partial charge in [-0.1, -0.05) is 18.2 Å². The van der Waals surface area contributed by atoms with E-state index in [2.05, 4.69) is 0 Å². The van der Waals surface area contributed by atoms with E-state index in [1.54, 1.807) is 42.5 Å². The first-order valence-electron chi connectivity index (χ1n) is 8.18. The van der Waals surface area contributed by atoms with Crippen molar-refractivity contribution < 1.29 is 23.8 Å². The van der Waals surface area contributed by atoms with E-state index < -0.39 is 11.5 Å². The fraction of sp³-hybridized carbons (Fsp3) is 0.200. The van der Waals surface area contributed by atoms with E-state index in [1.165, 1.54) is 6.92 Å². The van der Waals surface area contributed by atoms with Gasteiger partial charge in [-0.15, -0.1) is 0 Å². The van der Waals surface area contributed by atoms with Crippen LogP contribution in [0.4, 0.5) is 0 Å². The van der Waals surface area contributed by atoms with Gasteiger partial charge >= 0.3 is 5.63 Å². The molecule has 4 rings (SSSR count). The summed E-state index contributed by atoms with van der Waals surface area (Å²) in [6.07, 6.45) is 0.0519. The second kappa shape index (κ2) is 6.22. The summed E-state index contributed by atoms with van der Waals surface area (Å²) >= 11 is 0. The molecule has 0 fully saturated rings. The van der Waals surface area contributed by atoms with Crippen LogP contribution in [0.2, 0.25) is 0 Å². The zero-order valence-electron chi connectivity index (χ0n) is 14.0. The minimum absolute atomic E-state index is 0.0519. The highest BCUT2D eigenvalue weighted by atomic mass is 16.7. The lowest BCUT2D eigenvalue weighted by atomic mass is 9.87. The highest BCUT2D eigenvalue weighted by Crippen LogP contribution is 2.40. The zero-order chi connectivity index (χ0) is 18.3. The van der Waals surface area contributed by atoms with E-state index in [0.29, 0.717) is 28.0 Å². The van der Waals surface area contributed by atoms with E-state index in [-0.39, 0.29) is 30.3 Å². The molecule has 0 amide bonds. The van der Waals surface area contributed by atoms with Crippen LogP contribution in [-0.4, -0.2) is 17.7 Å². The number of aromatic hydroxyl groups is 1. The van der Waals surface area contributed by atoms with Crippen LogP contribution < -0.4 is 15.1 Å². The summed E-state index contributed by atoms with van der Waals surface area (Å²) in [4.78, 5) is 24.4. The number of Topliss-reactive ketones (excluding diaryl/α,β-unsaturated/α-hetero) is 1. The lowest BCUT2D eigenvalue weighted by Crippen LogP contribution is -2.16. The van der Waals surface area contributed by atoms with Gasteiger partial charge in [0.2, 0.25) is 6.79 Å². The number of hydrogen-bond acceptors (Lipinski definition) is 6. The van der Waals surface area contributed by atoms with Crippen molar-refractivity contribution in [2.75, 3.05) is 6.79 Å². The van der Waals surface area contributed by atoms with Crippen LogP contribution in [0.1, 0.15) is 30.4 Å². The van der Waals surface area contributed by atoms with Gasteiger partial charge in [0, 0.05) is 12.3 Å². The number of fused-ring (bicyclic) bond motifs is 2. The molecule has 1 atom stereocenters. The molecule has 1 aliphatic heterocycles. The number of ketones is 1. The standard InChI is InChI=1S/C20H16O6/c1-11(21)8-14(12-6-7-16-17(9-12)25-10-24-16)18-19(22)13-4-2-3-5-15(13)26-20(18)23/h2-7,9,14,22H,8,10H2,1H3. The van der Waals surface area contributed by atoms with Gasteiger partial charge in [0.15, 0.2) is 11.5 Å². The lowest BCUT2D eigenvalue weighted by Gasteiger charge is -2.17. The van der Waals surface area contributed by atoms with Crippen molar-refractivity contribution in [3.63, 3.8) is 0 Å². The molecular formula is C20H16O6. The summed E-state index contributed by atoms with van der Waals surface area (Å²) in [5, 5.41) is 11.2. The molecule has 1 aliphatic rings. The smallest absolute Gasteiger partial charge is 0.343 e. The normalized spacial score (nSPS) is 13.7. The first-order chi connectivity index (χ1) is 12.5. The molecule has 0 saturated carbocycles. The molecule has 132 valence electrons. The number of hydrogen-bond donors (Lipinski definition) is 1. The summed E-state index contributed by atoms with van der Waals surface area (Å²) in [6.45, 7) is 1.57. The number of rotatable bonds is 4. The third kappa shape index (κ3) is 2.69. The van der Waals surface area contributed by atoms with Crippen molar-refractivity contribution in [2.24, 2.45) is 0 Å². The maximum Gasteiger partial charge on any atom is 0.343 e. The molecule has 2 heterocycles. The Balaban J connectivity index is 1.92. The Morgan fingerprint density at radius 2 is 1.92 bits per heavy atom. The number of carbonyl (C=O) groups excluding carboxylic acids is 1. The summed E-state index contributed by atoms with van der Waals surface area (Å²) in [7, 11) is 0. The van der Waals surface area contributed by atoms with Crippen LogP contribution in [0.25, 0.3) is 11.0 Å². The van der Waals surface area contributed by atoms with Crippen molar-refractivity contribution in [3.8, 4) is 17.2 Å². The summed E-state index contributed by atoms with van der Waals surface area (Å²) in [6, 6.07) is 12.0. The Morgan fingerprint density at radius 3 is 2.73 bits per heavy atom. The molecule has 26 heavy (non-hydrogen) atoms. The second-order valence-corrected chi connectivity index (χ2v) is 6.22. The first kappa shape index (κ1) is 16.2. The van der Waals surface area contributed by atoms with Gasteiger partial charge in [0.05, 0.1) is 10.9 Å². The molecule has 1 unspecified atom stereocenters. The molecule has 2 aromatic carbocycles. The molecule has 6 heteroatoms. The van der Waals surface area contributed by atoms with Gasteiger partial charge in [-0.3, -0.25) is 4.79 Å². The van der Waals surface area contributed by atoms with Gasteiger partial charge in [-0.05, 0) is 36.8 Å². The molecule has 1 aromatic heterocycles. The molecule has 0 bridgehead atoms. The molecular weight excluding hydrogens is 336 g/mol. The first-order valence-corrected chi connectivity index (χ1v) is 8.18. The van der Waals surface area contributed by atoms with Crippen LogP contribution in [0.3, 0.4) is 0 Å². The quantitative estimate of drug-likeness (QED) is 0.725. The Bertz CT molecular complexity index is 1070. The molecule has 6 nitrogen and oxygen atoms in total. The van der Waals surface area contributed by atoms with Gasteiger partial charge < -0.3 is 19.0 Å². The summed E-state index contributed by atoms with van der Waals surface area (Å²) < 4.78 is 16.1. The highest BCUT2D eigenvalue weighted by Gasteiger charge is 2.27. The number of para-hydroxylation sites is 1. The number of ether oxygens (including phenoxy) is 2. The van der Waals surface area contributed by atoms with Crippen molar-refractivity contribution in [1.82, 2.24) is 0 Å². The van der Waals surface area contributed by atoms with Crippen molar-refractivity contribution in [1.29, 1.82) is 0 Å². The maximum atomic E-state index is 12.6. The fourth-order valence-electron chi connectivity index (χ4n) is 3.26. The van der Waals surface area contributed by atoms with E-state index in [0.717, 1.165) is 0 Å². The van der Waals surface area contributed by atoms with Gasteiger partial charge in [0.1, 0.15) is 17.1 Å². The topological polar surface area (TPSA) is 86.0 Å². The molecule has 3 aromatic rings. The van der Waals surface area contributed by atoms with Crippen molar-refractivity contribution in [3.05, 3.63) is 64.0 Å². The molecule has 0 radical (unpaired) electrons. The van der Waals surface area contributed by atoms with Crippen LogP contribution in [0.15, 0.2) is 51.7 Å². The molecule has 0 spiro atoms. The van der Waals surface area contributed by atoms with Gasteiger partial charge in [-0.2, -0.15) is 0 Å². The minimum atomic E-state index is -0.662. The van der Waals surface area contributed by atoms with Crippen LogP contribution >= 0.6 is 0 Å². The van der Waals surface area contributed by atoms with Gasteiger partial charge in [0.25, 0.3) is 0 Å². The number of carbonyl (C=O) groups is 1. The van der Waals surface area contributed by atoms with E-state index in [9.17, 15) is 14.7 Å². The second-order valence-electron chi connectivity index (χ2n) is 6.22. The highest BCUT2D eigenvalue weighted by molar-refractivity contribution is 5.85. The molecule has 0 aliphatic carbocycles.